The Morgan fingerprint density at radius 3 is 2.91 bits per heavy atom. The van der Waals surface area contributed by atoms with E-state index in [1.807, 2.05) is 18.2 Å². The lowest BCUT2D eigenvalue weighted by Gasteiger charge is -2.40. The first-order valence-electron chi connectivity index (χ1n) is 3.56. The Morgan fingerprint density at radius 2 is 2.36 bits per heavy atom. The zero-order valence-corrected chi connectivity index (χ0v) is 6.80. The first-order chi connectivity index (χ1) is 5.35. The summed E-state index contributed by atoms with van der Waals surface area (Å²) in [5.41, 5.74) is 1.16. The predicted octanol–water partition coefficient (Wildman–Crippen LogP) is 1.81. The number of ether oxygens (including phenoxy) is 2. The fourth-order valence-corrected chi connectivity index (χ4v) is 1.45. The van der Waals surface area contributed by atoms with Crippen LogP contribution in [0.3, 0.4) is 0 Å². The van der Waals surface area contributed by atoms with Gasteiger partial charge in [0.25, 0.3) is 0 Å². The van der Waals surface area contributed by atoms with Gasteiger partial charge in [-0.05, 0) is 11.6 Å². The topological polar surface area (TPSA) is 18.5 Å². The highest BCUT2D eigenvalue weighted by molar-refractivity contribution is 6.19. The minimum absolute atomic E-state index is 0.403. The molecule has 11 heavy (non-hydrogen) atoms. The monoisotopic (exact) mass is 172 g/mol. The molecule has 1 aliphatic heterocycles. The maximum atomic E-state index is 5.68. The van der Waals surface area contributed by atoms with E-state index in [-0.39, 0.29) is 0 Å². The summed E-state index contributed by atoms with van der Waals surface area (Å²) in [4.78, 5) is 0. The predicted molar refractivity (Wildman–Crippen MR) is 42.3 cm³/mol. The van der Waals surface area contributed by atoms with Gasteiger partial charge in [-0.3, -0.25) is 0 Å². The summed E-state index contributed by atoms with van der Waals surface area (Å²) >= 11 is 5.68. The minimum atomic E-state index is -0.459. The molecule has 1 spiro atoms. The minimum Gasteiger partial charge on any atom is -0.320 e. The third-order valence-corrected chi connectivity index (χ3v) is 2.28. The van der Waals surface area contributed by atoms with Crippen molar-refractivity contribution in [3.05, 3.63) is 23.8 Å². The lowest BCUT2D eigenvalue weighted by atomic mass is 10.00. The molecule has 2 rings (SSSR count). The van der Waals surface area contributed by atoms with E-state index in [4.69, 9.17) is 21.1 Å². The van der Waals surface area contributed by atoms with Gasteiger partial charge in [-0.25, -0.2) is 0 Å². The molecule has 1 saturated heterocycles. The van der Waals surface area contributed by atoms with E-state index in [2.05, 4.69) is 0 Å². The van der Waals surface area contributed by atoms with E-state index in [1.165, 1.54) is 0 Å². The van der Waals surface area contributed by atoms with E-state index >= 15 is 0 Å². The zero-order chi connectivity index (χ0) is 7.73. The second-order valence-electron chi connectivity index (χ2n) is 2.71. The molecule has 0 aromatic heterocycles. The van der Waals surface area contributed by atoms with Gasteiger partial charge in [0.1, 0.15) is 0 Å². The van der Waals surface area contributed by atoms with Gasteiger partial charge in [0.15, 0.2) is 12.6 Å². The SMILES string of the molecule is ClCC1=CC=CC2(C1)OCO2. The van der Waals surface area contributed by atoms with Crippen molar-refractivity contribution in [2.45, 2.75) is 12.2 Å². The van der Waals surface area contributed by atoms with Crippen LogP contribution in [0.5, 0.6) is 0 Å². The molecule has 0 amide bonds. The molecule has 0 radical (unpaired) electrons. The van der Waals surface area contributed by atoms with Gasteiger partial charge >= 0.3 is 0 Å². The molecule has 2 aliphatic rings. The largest absolute Gasteiger partial charge is 0.320 e. The molecule has 2 nitrogen and oxygen atoms in total. The number of alkyl halides is 1. The first kappa shape index (κ1) is 7.35. The Kier molecular flexibility index (Phi) is 1.75. The molecule has 0 atom stereocenters. The van der Waals surface area contributed by atoms with Crippen LogP contribution in [-0.2, 0) is 9.47 Å². The van der Waals surface area contributed by atoms with Crippen molar-refractivity contribution in [3.63, 3.8) is 0 Å². The Balaban J connectivity index is 2.10. The average Bonchev–Trinajstić information content (AvgIpc) is 2.02. The maximum Gasteiger partial charge on any atom is 0.197 e. The normalized spacial score (nSPS) is 26.5. The highest BCUT2D eigenvalue weighted by Crippen LogP contribution is 2.34. The molecule has 60 valence electrons. The lowest BCUT2D eigenvalue weighted by Crippen LogP contribution is -2.46. The van der Waals surface area contributed by atoms with E-state index in [0.717, 1.165) is 12.0 Å². The van der Waals surface area contributed by atoms with Crippen LogP contribution in [0.1, 0.15) is 6.42 Å². The fourth-order valence-electron chi connectivity index (χ4n) is 1.27. The number of halogens is 1. The van der Waals surface area contributed by atoms with Crippen molar-refractivity contribution in [2.24, 2.45) is 0 Å². The molecule has 0 saturated carbocycles. The summed E-state index contributed by atoms with van der Waals surface area (Å²) in [5.74, 6) is 0.0950. The van der Waals surface area contributed by atoms with E-state index in [9.17, 15) is 0 Å². The number of rotatable bonds is 1. The van der Waals surface area contributed by atoms with Crippen molar-refractivity contribution < 1.29 is 9.47 Å². The van der Waals surface area contributed by atoms with Gasteiger partial charge in [0.2, 0.25) is 0 Å². The van der Waals surface area contributed by atoms with Crippen LogP contribution in [0, 0.1) is 0 Å². The fraction of sp³-hybridized carbons (Fsp3) is 0.500. The quantitative estimate of drug-likeness (QED) is 0.562. The number of allylic oxidation sites excluding steroid dienone is 2. The third-order valence-electron chi connectivity index (χ3n) is 1.93. The van der Waals surface area contributed by atoms with Gasteiger partial charge < -0.3 is 9.47 Å². The summed E-state index contributed by atoms with van der Waals surface area (Å²) in [6.07, 6.45) is 6.63. The van der Waals surface area contributed by atoms with Gasteiger partial charge in [-0.15, -0.1) is 11.6 Å². The van der Waals surface area contributed by atoms with Gasteiger partial charge in [-0.2, -0.15) is 0 Å². The molecular weight excluding hydrogens is 164 g/mol. The molecule has 0 aromatic rings. The summed E-state index contributed by atoms with van der Waals surface area (Å²) in [6, 6.07) is 0. The smallest absolute Gasteiger partial charge is 0.197 e. The highest BCUT2D eigenvalue weighted by atomic mass is 35.5. The average molecular weight is 173 g/mol. The molecule has 0 bridgehead atoms. The van der Waals surface area contributed by atoms with Crippen molar-refractivity contribution in [3.8, 4) is 0 Å². The van der Waals surface area contributed by atoms with Crippen LogP contribution in [0.2, 0.25) is 0 Å². The van der Waals surface area contributed by atoms with Crippen molar-refractivity contribution in [1.29, 1.82) is 0 Å². The van der Waals surface area contributed by atoms with Crippen LogP contribution in [0.25, 0.3) is 0 Å². The summed E-state index contributed by atoms with van der Waals surface area (Å²) in [6.45, 7) is 0.403. The van der Waals surface area contributed by atoms with Crippen LogP contribution in [0.4, 0.5) is 0 Å². The number of hydrogen-bond acceptors (Lipinski definition) is 2. The Morgan fingerprint density at radius 1 is 1.55 bits per heavy atom. The Bertz CT molecular complexity index is 216. The van der Waals surface area contributed by atoms with Gasteiger partial charge in [0, 0.05) is 12.3 Å². The third kappa shape index (κ3) is 1.22. The van der Waals surface area contributed by atoms with Crippen LogP contribution in [-0.4, -0.2) is 18.5 Å². The zero-order valence-electron chi connectivity index (χ0n) is 6.05. The van der Waals surface area contributed by atoms with Crippen molar-refractivity contribution in [1.82, 2.24) is 0 Å². The van der Waals surface area contributed by atoms with Crippen molar-refractivity contribution in [2.75, 3.05) is 12.7 Å². The molecule has 0 unspecified atom stereocenters. The molecular formula is C8H9ClO2. The van der Waals surface area contributed by atoms with Gasteiger partial charge in [-0.1, -0.05) is 12.2 Å². The molecule has 1 fully saturated rings. The lowest BCUT2D eigenvalue weighted by molar-refractivity contribution is -0.371. The number of hydrogen-bond donors (Lipinski definition) is 0. The summed E-state index contributed by atoms with van der Waals surface area (Å²) in [7, 11) is 0. The first-order valence-corrected chi connectivity index (χ1v) is 4.09. The van der Waals surface area contributed by atoms with E-state index in [1.54, 1.807) is 0 Å². The molecule has 1 aliphatic carbocycles. The second-order valence-corrected chi connectivity index (χ2v) is 2.98. The molecule has 0 aromatic carbocycles. The van der Waals surface area contributed by atoms with Crippen LogP contribution in [0.15, 0.2) is 23.8 Å². The van der Waals surface area contributed by atoms with E-state index in [0.29, 0.717) is 12.7 Å². The maximum absolute atomic E-state index is 5.68. The van der Waals surface area contributed by atoms with Gasteiger partial charge in [0.05, 0.1) is 0 Å². The Hall–Kier alpha value is -0.310. The highest BCUT2D eigenvalue weighted by Gasteiger charge is 2.38. The standard InChI is InChI=1S/C8H9ClO2/c9-5-7-2-1-3-8(4-7)10-6-11-8/h1-3H,4-6H2. The molecule has 3 heteroatoms. The van der Waals surface area contributed by atoms with Crippen molar-refractivity contribution >= 4 is 11.6 Å². The molecule has 1 heterocycles. The van der Waals surface area contributed by atoms with Crippen LogP contribution < -0.4 is 0 Å². The summed E-state index contributed by atoms with van der Waals surface area (Å²) in [5, 5.41) is 0. The molecule has 0 N–H and O–H groups in total. The van der Waals surface area contributed by atoms with E-state index < -0.39 is 5.79 Å². The Labute approximate surface area is 70.4 Å². The summed E-state index contributed by atoms with van der Waals surface area (Å²) < 4.78 is 10.6. The van der Waals surface area contributed by atoms with Crippen LogP contribution >= 0.6 is 11.6 Å². The second kappa shape index (κ2) is 2.63.